The second kappa shape index (κ2) is 2.67. The lowest BCUT2D eigenvalue weighted by Crippen LogP contribution is -1.79. The van der Waals surface area contributed by atoms with Crippen molar-refractivity contribution >= 4 is 11.0 Å². The van der Waals surface area contributed by atoms with Crippen molar-refractivity contribution in [3.05, 3.63) is 23.0 Å². The Morgan fingerprint density at radius 3 is 2.29 bits per heavy atom. The molecular weight excluding hydrogens is 180 g/mol. The maximum absolute atomic E-state index is 9.56. The molecule has 0 saturated carbocycles. The van der Waals surface area contributed by atoms with Crippen molar-refractivity contribution in [1.82, 2.24) is 0 Å². The number of benzene rings is 1. The van der Waals surface area contributed by atoms with E-state index in [1.165, 1.54) is 6.07 Å². The Balaban J connectivity index is 3.03. The molecule has 0 unspecified atom stereocenters. The van der Waals surface area contributed by atoms with Crippen molar-refractivity contribution in [2.45, 2.75) is 20.8 Å². The summed E-state index contributed by atoms with van der Waals surface area (Å²) in [6.07, 6.45) is 0. The molecule has 0 aliphatic heterocycles. The summed E-state index contributed by atoms with van der Waals surface area (Å²) in [6.45, 7) is 5.55. The SMILES string of the molecule is Cc1oc2c(O)cc(O)c(C)c2c1C. The first-order chi connectivity index (χ1) is 6.52. The fourth-order valence-corrected chi connectivity index (χ4v) is 1.69. The molecule has 1 heterocycles. The van der Waals surface area contributed by atoms with Crippen molar-refractivity contribution in [3.8, 4) is 11.5 Å². The molecule has 0 saturated heterocycles. The predicted molar refractivity (Wildman–Crippen MR) is 53.8 cm³/mol. The molecule has 0 spiro atoms. The van der Waals surface area contributed by atoms with E-state index in [0.29, 0.717) is 5.58 Å². The van der Waals surface area contributed by atoms with Gasteiger partial charge in [0.05, 0.1) is 0 Å². The quantitative estimate of drug-likeness (QED) is 0.674. The van der Waals surface area contributed by atoms with Crippen LogP contribution in [0.2, 0.25) is 0 Å². The van der Waals surface area contributed by atoms with Gasteiger partial charge in [-0.25, -0.2) is 0 Å². The number of rotatable bonds is 0. The normalized spacial score (nSPS) is 11.1. The summed E-state index contributed by atoms with van der Waals surface area (Å²) in [6, 6.07) is 1.31. The molecule has 2 rings (SSSR count). The van der Waals surface area contributed by atoms with Crippen molar-refractivity contribution < 1.29 is 14.6 Å². The van der Waals surface area contributed by atoms with Crippen LogP contribution in [0.25, 0.3) is 11.0 Å². The van der Waals surface area contributed by atoms with E-state index in [1.807, 2.05) is 13.8 Å². The summed E-state index contributed by atoms with van der Waals surface area (Å²) >= 11 is 0. The maximum Gasteiger partial charge on any atom is 0.176 e. The molecule has 0 fully saturated rings. The van der Waals surface area contributed by atoms with E-state index >= 15 is 0 Å². The largest absolute Gasteiger partial charge is 0.508 e. The Labute approximate surface area is 81.6 Å². The van der Waals surface area contributed by atoms with Crippen molar-refractivity contribution in [3.63, 3.8) is 0 Å². The summed E-state index contributed by atoms with van der Waals surface area (Å²) in [5.74, 6) is 0.849. The second-order valence-corrected chi connectivity index (χ2v) is 3.53. The minimum atomic E-state index is -0.0145. The number of aryl methyl sites for hydroxylation is 3. The first-order valence-corrected chi connectivity index (χ1v) is 4.43. The molecule has 3 heteroatoms. The smallest absolute Gasteiger partial charge is 0.176 e. The lowest BCUT2D eigenvalue weighted by molar-refractivity contribution is 0.442. The van der Waals surface area contributed by atoms with Gasteiger partial charge in [-0.1, -0.05) is 0 Å². The highest BCUT2D eigenvalue weighted by atomic mass is 16.4. The monoisotopic (exact) mass is 192 g/mol. The van der Waals surface area contributed by atoms with E-state index in [9.17, 15) is 10.2 Å². The van der Waals surface area contributed by atoms with E-state index < -0.39 is 0 Å². The first kappa shape index (κ1) is 8.94. The zero-order valence-electron chi connectivity index (χ0n) is 8.38. The van der Waals surface area contributed by atoms with E-state index in [0.717, 1.165) is 22.3 Å². The Hall–Kier alpha value is -1.64. The van der Waals surface area contributed by atoms with Crippen LogP contribution in [-0.2, 0) is 0 Å². The standard InChI is InChI=1S/C11H12O3/c1-5-7(3)14-11-9(13)4-8(12)6(2)10(5)11/h4,12-13H,1-3H3. The van der Waals surface area contributed by atoms with E-state index in [1.54, 1.807) is 6.92 Å². The lowest BCUT2D eigenvalue weighted by Gasteiger charge is -2.01. The van der Waals surface area contributed by atoms with Gasteiger partial charge in [0.1, 0.15) is 11.5 Å². The lowest BCUT2D eigenvalue weighted by atomic mass is 10.1. The van der Waals surface area contributed by atoms with Gasteiger partial charge in [0, 0.05) is 17.0 Å². The van der Waals surface area contributed by atoms with Crippen LogP contribution >= 0.6 is 0 Å². The Morgan fingerprint density at radius 2 is 1.64 bits per heavy atom. The predicted octanol–water partition coefficient (Wildman–Crippen LogP) is 2.77. The zero-order chi connectivity index (χ0) is 10.5. The van der Waals surface area contributed by atoms with Crippen LogP contribution in [0.1, 0.15) is 16.9 Å². The molecular formula is C11H12O3. The third kappa shape index (κ3) is 0.985. The number of phenols is 2. The van der Waals surface area contributed by atoms with Gasteiger partial charge >= 0.3 is 0 Å². The Kier molecular flexibility index (Phi) is 1.71. The van der Waals surface area contributed by atoms with Gasteiger partial charge in [-0.05, 0) is 26.3 Å². The number of fused-ring (bicyclic) bond motifs is 1. The number of furan rings is 1. The van der Waals surface area contributed by atoms with E-state index in [-0.39, 0.29) is 11.5 Å². The molecule has 0 aliphatic carbocycles. The molecule has 74 valence electrons. The van der Waals surface area contributed by atoms with Crippen molar-refractivity contribution in [2.24, 2.45) is 0 Å². The van der Waals surface area contributed by atoms with Gasteiger partial charge in [0.15, 0.2) is 11.3 Å². The fourth-order valence-electron chi connectivity index (χ4n) is 1.69. The molecule has 0 atom stereocenters. The Morgan fingerprint density at radius 1 is 1.00 bits per heavy atom. The summed E-state index contributed by atoms with van der Waals surface area (Å²) in [7, 11) is 0. The molecule has 14 heavy (non-hydrogen) atoms. The topological polar surface area (TPSA) is 53.6 Å². The molecule has 0 bridgehead atoms. The van der Waals surface area contributed by atoms with Gasteiger partial charge in [-0.15, -0.1) is 0 Å². The molecule has 3 nitrogen and oxygen atoms in total. The molecule has 1 aromatic heterocycles. The number of hydrogen-bond acceptors (Lipinski definition) is 3. The summed E-state index contributed by atoms with van der Waals surface area (Å²) in [5.41, 5.74) is 2.16. The van der Waals surface area contributed by atoms with Crippen LogP contribution in [0, 0.1) is 20.8 Å². The summed E-state index contributed by atoms with van der Waals surface area (Å²) in [5, 5.41) is 19.9. The minimum Gasteiger partial charge on any atom is -0.508 e. The Bertz CT molecular complexity index is 509. The van der Waals surface area contributed by atoms with Crippen LogP contribution in [-0.4, -0.2) is 10.2 Å². The summed E-state index contributed by atoms with van der Waals surface area (Å²) < 4.78 is 5.40. The van der Waals surface area contributed by atoms with Crippen LogP contribution < -0.4 is 0 Å². The van der Waals surface area contributed by atoms with Crippen LogP contribution in [0.15, 0.2) is 10.5 Å². The molecule has 0 amide bonds. The van der Waals surface area contributed by atoms with Crippen molar-refractivity contribution in [2.75, 3.05) is 0 Å². The molecule has 2 aromatic rings. The maximum atomic E-state index is 9.56. The van der Waals surface area contributed by atoms with Crippen molar-refractivity contribution in [1.29, 1.82) is 0 Å². The number of phenolic OH excluding ortho intramolecular Hbond substituents is 2. The van der Waals surface area contributed by atoms with Gasteiger partial charge < -0.3 is 14.6 Å². The first-order valence-electron chi connectivity index (χ1n) is 4.43. The van der Waals surface area contributed by atoms with Gasteiger partial charge in [-0.2, -0.15) is 0 Å². The van der Waals surface area contributed by atoms with Gasteiger partial charge in [-0.3, -0.25) is 0 Å². The minimum absolute atomic E-state index is 0.0145. The molecule has 2 N–H and O–H groups in total. The molecule has 0 radical (unpaired) electrons. The van der Waals surface area contributed by atoms with Crippen LogP contribution in [0.5, 0.6) is 11.5 Å². The average Bonchev–Trinajstić information content (AvgIpc) is 2.41. The van der Waals surface area contributed by atoms with Crippen LogP contribution in [0.4, 0.5) is 0 Å². The molecule has 0 aliphatic rings. The molecule has 1 aromatic carbocycles. The second-order valence-electron chi connectivity index (χ2n) is 3.53. The number of aromatic hydroxyl groups is 2. The van der Waals surface area contributed by atoms with Gasteiger partial charge in [0.25, 0.3) is 0 Å². The zero-order valence-corrected chi connectivity index (χ0v) is 8.38. The average molecular weight is 192 g/mol. The van der Waals surface area contributed by atoms with E-state index in [4.69, 9.17) is 4.42 Å². The summed E-state index contributed by atoms with van der Waals surface area (Å²) in [4.78, 5) is 0. The highest BCUT2D eigenvalue weighted by molar-refractivity contribution is 5.91. The van der Waals surface area contributed by atoms with Crippen LogP contribution in [0.3, 0.4) is 0 Å². The van der Waals surface area contributed by atoms with E-state index in [2.05, 4.69) is 0 Å². The highest BCUT2D eigenvalue weighted by Crippen LogP contribution is 2.38. The number of hydrogen-bond donors (Lipinski definition) is 2. The third-order valence-corrected chi connectivity index (χ3v) is 2.65. The third-order valence-electron chi connectivity index (χ3n) is 2.65. The highest BCUT2D eigenvalue weighted by Gasteiger charge is 2.15. The fraction of sp³-hybridized carbons (Fsp3) is 0.273. The van der Waals surface area contributed by atoms with Gasteiger partial charge in [0.2, 0.25) is 0 Å².